The van der Waals surface area contributed by atoms with Crippen LogP contribution in [0.3, 0.4) is 0 Å². The minimum Gasteiger partial charge on any atom is -0.291 e. The van der Waals surface area contributed by atoms with Crippen LogP contribution in [0.4, 0.5) is 0 Å². The maximum Gasteiger partial charge on any atom is 0.0272 e. The molecule has 37 heavy (non-hydrogen) atoms. The van der Waals surface area contributed by atoms with E-state index >= 15 is 0 Å². The number of rotatable bonds is 9. The standard InChI is InChI=1S/C34H39NP2/c1-2-8-18-30(19-9-3-1)35(28-36(31-20-10-4-11-21-31)32-22-12-5-13-23-32)29-37(33-24-14-6-15-25-33)34-26-16-7-17-27-34/h4-7,10-17,20-27,30H,1-3,8-9,18-19,28-29H2. The topological polar surface area (TPSA) is 3.24 Å². The van der Waals surface area contributed by atoms with Crippen molar-refractivity contribution < 1.29 is 0 Å². The van der Waals surface area contributed by atoms with Gasteiger partial charge in [-0.3, -0.25) is 4.90 Å². The summed E-state index contributed by atoms with van der Waals surface area (Å²) in [5.41, 5.74) is 0. The van der Waals surface area contributed by atoms with E-state index in [9.17, 15) is 0 Å². The molecular weight excluding hydrogens is 484 g/mol. The lowest BCUT2D eigenvalue weighted by molar-refractivity contribution is 0.222. The largest absolute Gasteiger partial charge is 0.291 e. The third kappa shape index (κ3) is 7.39. The van der Waals surface area contributed by atoms with Gasteiger partial charge in [-0.1, -0.05) is 153 Å². The first kappa shape index (κ1) is 26.3. The van der Waals surface area contributed by atoms with E-state index in [-0.39, 0.29) is 0 Å². The van der Waals surface area contributed by atoms with Gasteiger partial charge in [0.15, 0.2) is 0 Å². The molecule has 0 bridgehead atoms. The third-order valence-corrected chi connectivity index (χ3v) is 12.5. The van der Waals surface area contributed by atoms with Crippen LogP contribution in [-0.2, 0) is 0 Å². The summed E-state index contributed by atoms with van der Waals surface area (Å²) in [4.78, 5) is 2.93. The molecule has 0 spiro atoms. The summed E-state index contributed by atoms with van der Waals surface area (Å²) < 4.78 is 0. The van der Waals surface area contributed by atoms with Crippen LogP contribution < -0.4 is 21.2 Å². The number of benzene rings is 4. The van der Waals surface area contributed by atoms with Gasteiger partial charge in [-0.05, 0) is 49.9 Å². The minimum absolute atomic E-state index is 0.463. The van der Waals surface area contributed by atoms with Gasteiger partial charge >= 0.3 is 0 Å². The first-order chi connectivity index (χ1) is 18.4. The van der Waals surface area contributed by atoms with Crippen molar-refractivity contribution in [1.82, 2.24) is 4.90 Å². The maximum atomic E-state index is 2.93. The van der Waals surface area contributed by atoms with Gasteiger partial charge in [0.2, 0.25) is 0 Å². The Morgan fingerprint density at radius 3 is 1.05 bits per heavy atom. The van der Waals surface area contributed by atoms with Gasteiger partial charge in [-0.25, -0.2) is 0 Å². The predicted molar refractivity (Wildman–Crippen MR) is 166 cm³/mol. The van der Waals surface area contributed by atoms with Crippen LogP contribution in [0.25, 0.3) is 0 Å². The quantitative estimate of drug-likeness (QED) is 0.204. The van der Waals surface area contributed by atoms with E-state index in [2.05, 4.69) is 126 Å². The smallest absolute Gasteiger partial charge is 0.0272 e. The summed E-state index contributed by atoms with van der Waals surface area (Å²) in [6.07, 6.45) is 11.9. The molecule has 0 unspecified atom stereocenters. The molecule has 0 saturated heterocycles. The molecule has 0 N–H and O–H groups in total. The second-order valence-electron chi connectivity index (χ2n) is 10.1. The van der Waals surface area contributed by atoms with Crippen molar-refractivity contribution >= 4 is 37.1 Å². The summed E-state index contributed by atoms with van der Waals surface area (Å²) in [5, 5.41) is 5.96. The van der Waals surface area contributed by atoms with E-state index in [0.29, 0.717) is 6.04 Å². The van der Waals surface area contributed by atoms with Gasteiger partial charge in [0.05, 0.1) is 0 Å². The highest BCUT2D eigenvalue weighted by molar-refractivity contribution is 7.73. The predicted octanol–water partition coefficient (Wildman–Crippen LogP) is 7.58. The Bertz CT molecular complexity index is 996. The molecule has 0 amide bonds. The van der Waals surface area contributed by atoms with Gasteiger partial charge in [0.25, 0.3) is 0 Å². The first-order valence-corrected chi connectivity index (χ1v) is 16.9. The molecule has 1 fully saturated rings. The van der Waals surface area contributed by atoms with E-state index in [4.69, 9.17) is 0 Å². The number of hydrogen-bond acceptors (Lipinski definition) is 1. The van der Waals surface area contributed by atoms with Gasteiger partial charge in [-0.15, -0.1) is 0 Å². The van der Waals surface area contributed by atoms with Crippen LogP contribution in [0.5, 0.6) is 0 Å². The zero-order chi connectivity index (χ0) is 25.1. The Morgan fingerprint density at radius 2 is 0.730 bits per heavy atom. The van der Waals surface area contributed by atoms with E-state index in [1.807, 2.05) is 0 Å². The van der Waals surface area contributed by atoms with Gasteiger partial charge < -0.3 is 0 Å². The average Bonchev–Trinajstić information content (AvgIpc) is 2.95. The van der Waals surface area contributed by atoms with E-state index < -0.39 is 15.8 Å². The van der Waals surface area contributed by atoms with Crippen molar-refractivity contribution in [3.8, 4) is 0 Å². The number of nitrogens with zero attached hydrogens (tertiary/aromatic N) is 1. The van der Waals surface area contributed by atoms with Crippen LogP contribution in [0.1, 0.15) is 44.9 Å². The molecule has 4 aromatic carbocycles. The molecule has 0 aliphatic heterocycles. The first-order valence-electron chi connectivity index (χ1n) is 13.9. The molecule has 0 heterocycles. The van der Waals surface area contributed by atoms with Gasteiger partial charge in [0, 0.05) is 18.6 Å². The molecule has 1 nitrogen and oxygen atoms in total. The van der Waals surface area contributed by atoms with E-state index in [0.717, 1.165) is 12.6 Å². The highest BCUT2D eigenvalue weighted by Crippen LogP contribution is 2.41. The summed E-state index contributed by atoms with van der Waals surface area (Å²) >= 11 is 0. The van der Waals surface area contributed by atoms with Crippen molar-refractivity contribution in [2.24, 2.45) is 0 Å². The molecule has 1 saturated carbocycles. The fraction of sp³-hybridized carbons (Fsp3) is 0.294. The SMILES string of the molecule is c1ccc(P(CN(CP(c2ccccc2)c2ccccc2)C2CCCCCCC2)c2ccccc2)cc1. The van der Waals surface area contributed by atoms with Crippen molar-refractivity contribution in [3.63, 3.8) is 0 Å². The Kier molecular flexibility index (Phi) is 9.97. The average molecular weight is 524 g/mol. The van der Waals surface area contributed by atoms with Crippen molar-refractivity contribution in [1.29, 1.82) is 0 Å². The van der Waals surface area contributed by atoms with Crippen LogP contribution in [0, 0.1) is 0 Å². The molecule has 1 aliphatic carbocycles. The normalized spacial score (nSPS) is 15.1. The molecule has 190 valence electrons. The lowest BCUT2D eigenvalue weighted by Crippen LogP contribution is -2.40. The highest BCUT2D eigenvalue weighted by Gasteiger charge is 2.28. The van der Waals surface area contributed by atoms with Crippen LogP contribution in [0.2, 0.25) is 0 Å². The van der Waals surface area contributed by atoms with Crippen molar-refractivity contribution in [3.05, 3.63) is 121 Å². The maximum absolute atomic E-state index is 2.93. The zero-order valence-electron chi connectivity index (χ0n) is 21.8. The van der Waals surface area contributed by atoms with Gasteiger partial charge in [-0.2, -0.15) is 0 Å². The molecular formula is C34H39NP2. The van der Waals surface area contributed by atoms with Crippen molar-refractivity contribution in [2.75, 3.05) is 12.6 Å². The molecule has 0 radical (unpaired) electrons. The molecule has 1 aliphatic rings. The molecule has 0 atom stereocenters. The Morgan fingerprint density at radius 1 is 0.432 bits per heavy atom. The Balaban J connectivity index is 1.52. The number of hydrogen-bond donors (Lipinski definition) is 0. The second kappa shape index (κ2) is 14.0. The second-order valence-corrected chi connectivity index (χ2v) is 14.4. The monoisotopic (exact) mass is 523 g/mol. The molecule has 5 rings (SSSR count). The third-order valence-electron chi connectivity index (χ3n) is 7.51. The summed E-state index contributed by atoms with van der Waals surface area (Å²) in [7, 11) is -0.925. The fourth-order valence-corrected chi connectivity index (χ4v) is 10.4. The fourth-order valence-electron chi connectivity index (χ4n) is 5.50. The lowest BCUT2D eigenvalue weighted by Gasteiger charge is -2.38. The van der Waals surface area contributed by atoms with Gasteiger partial charge in [0.1, 0.15) is 0 Å². The Labute approximate surface area is 226 Å². The van der Waals surface area contributed by atoms with Crippen LogP contribution >= 0.6 is 15.8 Å². The van der Waals surface area contributed by atoms with E-state index in [1.54, 1.807) is 0 Å². The van der Waals surface area contributed by atoms with Crippen LogP contribution in [0.15, 0.2) is 121 Å². The summed E-state index contributed by atoms with van der Waals surface area (Å²) in [6.45, 7) is 0. The minimum atomic E-state index is -0.463. The zero-order valence-corrected chi connectivity index (χ0v) is 23.6. The van der Waals surface area contributed by atoms with E-state index in [1.165, 1.54) is 66.2 Å². The highest BCUT2D eigenvalue weighted by atomic mass is 31.1. The summed E-state index contributed by atoms with van der Waals surface area (Å²) in [5.74, 6) is 0. The molecule has 3 heteroatoms. The Hall–Kier alpha value is -2.30. The van der Waals surface area contributed by atoms with Crippen molar-refractivity contribution in [2.45, 2.75) is 51.0 Å². The van der Waals surface area contributed by atoms with Crippen LogP contribution in [-0.4, -0.2) is 23.5 Å². The molecule has 4 aromatic rings. The lowest BCUT2D eigenvalue weighted by atomic mass is 9.96. The summed E-state index contributed by atoms with van der Waals surface area (Å²) in [6, 6.07) is 45.8. The molecule has 0 aromatic heterocycles.